The SMILES string of the molecule is CNC(=O)CN1CCC(N[C@@H](C)c2ccc(-c3ccccc3)o2)CC1. The Morgan fingerprint density at radius 1 is 1.20 bits per heavy atom. The number of furan rings is 1. The molecule has 1 aliphatic heterocycles. The molecular formula is C20H27N3O2. The molecule has 1 amide bonds. The van der Waals surface area contributed by atoms with Gasteiger partial charge in [0.25, 0.3) is 0 Å². The number of hydrogen-bond donors (Lipinski definition) is 2. The van der Waals surface area contributed by atoms with Gasteiger partial charge in [0, 0.05) is 31.7 Å². The maximum absolute atomic E-state index is 11.5. The molecule has 1 saturated heterocycles. The number of nitrogens with zero attached hydrogens (tertiary/aromatic N) is 1. The zero-order chi connectivity index (χ0) is 17.6. The van der Waals surface area contributed by atoms with E-state index in [0.717, 1.165) is 43.0 Å². The lowest BCUT2D eigenvalue weighted by molar-refractivity contribution is -0.122. The summed E-state index contributed by atoms with van der Waals surface area (Å²) in [4.78, 5) is 13.7. The molecule has 1 aromatic heterocycles. The number of piperidine rings is 1. The van der Waals surface area contributed by atoms with Crippen molar-refractivity contribution in [2.45, 2.75) is 31.8 Å². The molecule has 0 unspecified atom stereocenters. The molecule has 0 aliphatic carbocycles. The standard InChI is InChI=1S/C20H27N3O2/c1-15(18-8-9-19(25-18)16-6-4-3-5-7-16)22-17-10-12-23(13-11-17)14-20(24)21-2/h3-9,15,17,22H,10-14H2,1-2H3,(H,21,24)/t15-/m0/s1. The molecule has 2 aromatic rings. The Balaban J connectivity index is 1.51. The number of carbonyl (C=O) groups excluding carboxylic acids is 1. The molecule has 25 heavy (non-hydrogen) atoms. The topological polar surface area (TPSA) is 57.5 Å². The summed E-state index contributed by atoms with van der Waals surface area (Å²) in [5.41, 5.74) is 1.10. The number of rotatable bonds is 6. The zero-order valence-electron chi connectivity index (χ0n) is 15.0. The zero-order valence-corrected chi connectivity index (χ0v) is 15.0. The normalized spacial score (nSPS) is 17.4. The van der Waals surface area contributed by atoms with E-state index in [1.54, 1.807) is 7.05 Å². The first-order valence-electron chi connectivity index (χ1n) is 9.00. The van der Waals surface area contributed by atoms with E-state index in [-0.39, 0.29) is 11.9 Å². The molecule has 134 valence electrons. The second kappa shape index (κ2) is 8.32. The fourth-order valence-corrected chi connectivity index (χ4v) is 3.32. The van der Waals surface area contributed by atoms with Crippen LogP contribution in [0.25, 0.3) is 11.3 Å². The number of carbonyl (C=O) groups is 1. The van der Waals surface area contributed by atoms with Gasteiger partial charge in [0.1, 0.15) is 11.5 Å². The predicted molar refractivity (Wildman–Crippen MR) is 99.2 cm³/mol. The number of amides is 1. The van der Waals surface area contributed by atoms with E-state index in [2.05, 4.69) is 40.7 Å². The number of likely N-dealkylation sites (tertiary alicyclic amines) is 1. The van der Waals surface area contributed by atoms with E-state index in [1.165, 1.54) is 0 Å². The molecule has 5 nitrogen and oxygen atoms in total. The second-order valence-electron chi connectivity index (χ2n) is 6.68. The molecular weight excluding hydrogens is 314 g/mol. The number of likely N-dealkylation sites (N-methyl/N-ethyl adjacent to an activating group) is 1. The van der Waals surface area contributed by atoms with E-state index >= 15 is 0 Å². The number of nitrogens with one attached hydrogen (secondary N) is 2. The lowest BCUT2D eigenvalue weighted by Crippen LogP contribution is -2.46. The van der Waals surface area contributed by atoms with Gasteiger partial charge in [0.2, 0.25) is 5.91 Å². The highest BCUT2D eigenvalue weighted by molar-refractivity contribution is 5.77. The van der Waals surface area contributed by atoms with E-state index in [9.17, 15) is 4.79 Å². The summed E-state index contributed by atoms with van der Waals surface area (Å²) in [5.74, 6) is 1.96. The monoisotopic (exact) mass is 341 g/mol. The van der Waals surface area contributed by atoms with E-state index in [0.29, 0.717) is 12.6 Å². The molecule has 0 bridgehead atoms. The molecule has 0 saturated carbocycles. The van der Waals surface area contributed by atoms with Crippen molar-refractivity contribution >= 4 is 5.91 Å². The maximum atomic E-state index is 11.5. The Morgan fingerprint density at radius 2 is 1.92 bits per heavy atom. The minimum atomic E-state index is 0.0869. The molecule has 1 aromatic carbocycles. The maximum Gasteiger partial charge on any atom is 0.233 e. The Hall–Kier alpha value is -2.11. The predicted octanol–water partition coefficient (Wildman–Crippen LogP) is 2.81. The van der Waals surface area contributed by atoms with Gasteiger partial charge in [-0.25, -0.2) is 0 Å². The molecule has 0 spiro atoms. The van der Waals surface area contributed by atoms with Crippen molar-refractivity contribution in [3.8, 4) is 11.3 Å². The van der Waals surface area contributed by atoms with Crippen LogP contribution in [0.4, 0.5) is 0 Å². The van der Waals surface area contributed by atoms with E-state index < -0.39 is 0 Å². The Kier molecular flexibility index (Phi) is 5.89. The first-order valence-corrected chi connectivity index (χ1v) is 9.00. The van der Waals surface area contributed by atoms with Gasteiger partial charge in [0.05, 0.1) is 12.6 Å². The van der Waals surface area contributed by atoms with Gasteiger partial charge in [0.15, 0.2) is 0 Å². The fourth-order valence-electron chi connectivity index (χ4n) is 3.32. The van der Waals surface area contributed by atoms with Crippen molar-refractivity contribution in [3.05, 3.63) is 48.2 Å². The van der Waals surface area contributed by atoms with Crippen LogP contribution < -0.4 is 10.6 Å². The first kappa shape index (κ1) is 17.7. The van der Waals surface area contributed by atoms with Crippen molar-refractivity contribution < 1.29 is 9.21 Å². The van der Waals surface area contributed by atoms with E-state index in [4.69, 9.17) is 4.42 Å². The fraction of sp³-hybridized carbons (Fsp3) is 0.450. The smallest absolute Gasteiger partial charge is 0.233 e. The number of hydrogen-bond acceptors (Lipinski definition) is 4. The highest BCUT2D eigenvalue weighted by Gasteiger charge is 2.23. The highest BCUT2D eigenvalue weighted by Crippen LogP contribution is 2.26. The Morgan fingerprint density at radius 3 is 2.60 bits per heavy atom. The lowest BCUT2D eigenvalue weighted by Gasteiger charge is -2.33. The molecule has 1 atom stereocenters. The second-order valence-corrected chi connectivity index (χ2v) is 6.68. The van der Waals surface area contributed by atoms with Gasteiger partial charge in [-0.1, -0.05) is 30.3 Å². The van der Waals surface area contributed by atoms with Crippen molar-refractivity contribution in [2.24, 2.45) is 0 Å². The summed E-state index contributed by atoms with van der Waals surface area (Å²) in [6.07, 6.45) is 2.10. The van der Waals surface area contributed by atoms with Crippen LogP contribution >= 0.6 is 0 Å². The quantitative estimate of drug-likeness (QED) is 0.848. The first-order chi connectivity index (χ1) is 12.2. The largest absolute Gasteiger partial charge is 0.459 e. The summed E-state index contributed by atoms with van der Waals surface area (Å²) < 4.78 is 6.04. The van der Waals surface area contributed by atoms with Crippen molar-refractivity contribution in [1.29, 1.82) is 0 Å². The van der Waals surface area contributed by atoms with Crippen LogP contribution in [0.3, 0.4) is 0 Å². The Labute approximate surface area is 149 Å². The Bertz CT molecular complexity index is 675. The van der Waals surface area contributed by atoms with Crippen molar-refractivity contribution in [3.63, 3.8) is 0 Å². The van der Waals surface area contributed by atoms with Crippen LogP contribution in [0.5, 0.6) is 0 Å². The molecule has 0 radical (unpaired) electrons. The van der Waals surface area contributed by atoms with Crippen LogP contribution in [0.1, 0.15) is 31.6 Å². The average molecular weight is 341 g/mol. The summed E-state index contributed by atoms with van der Waals surface area (Å²) >= 11 is 0. The van der Waals surface area contributed by atoms with Gasteiger partial charge in [-0.2, -0.15) is 0 Å². The third-order valence-electron chi connectivity index (χ3n) is 4.83. The van der Waals surface area contributed by atoms with Crippen molar-refractivity contribution in [2.75, 3.05) is 26.7 Å². The molecule has 2 N–H and O–H groups in total. The van der Waals surface area contributed by atoms with Gasteiger partial charge in [-0.15, -0.1) is 0 Å². The summed E-state index contributed by atoms with van der Waals surface area (Å²) in [7, 11) is 1.69. The van der Waals surface area contributed by atoms with Gasteiger partial charge >= 0.3 is 0 Å². The summed E-state index contributed by atoms with van der Waals surface area (Å²) in [5, 5.41) is 6.35. The molecule has 5 heteroatoms. The summed E-state index contributed by atoms with van der Waals surface area (Å²) in [6.45, 7) is 4.54. The summed E-state index contributed by atoms with van der Waals surface area (Å²) in [6, 6.07) is 14.9. The van der Waals surface area contributed by atoms with Crippen LogP contribution in [-0.2, 0) is 4.79 Å². The molecule has 1 aliphatic rings. The minimum absolute atomic E-state index is 0.0869. The van der Waals surface area contributed by atoms with Crippen LogP contribution in [-0.4, -0.2) is 43.5 Å². The van der Waals surface area contributed by atoms with Gasteiger partial charge in [-0.3, -0.25) is 9.69 Å². The van der Waals surface area contributed by atoms with Crippen LogP contribution in [0, 0.1) is 0 Å². The van der Waals surface area contributed by atoms with E-state index in [1.807, 2.05) is 24.3 Å². The van der Waals surface area contributed by atoms with Gasteiger partial charge in [-0.05, 0) is 31.9 Å². The molecule has 2 heterocycles. The average Bonchev–Trinajstić information content (AvgIpc) is 3.14. The third kappa shape index (κ3) is 4.71. The minimum Gasteiger partial charge on any atom is -0.459 e. The third-order valence-corrected chi connectivity index (χ3v) is 4.83. The molecule has 3 rings (SSSR count). The molecule has 1 fully saturated rings. The van der Waals surface area contributed by atoms with Crippen molar-refractivity contribution in [1.82, 2.24) is 15.5 Å². The van der Waals surface area contributed by atoms with Gasteiger partial charge < -0.3 is 15.1 Å². The number of benzene rings is 1. The van der Waals surface area contributed by atoms with Crippen LogP contribution in [0.2, 0.25) is 0 Å². The lowest BCUT2D eigenvalue weighted by atomic mass is 10.0. The van der Waals surface area contributed by atoms with Crippen LogP contribution in [0.15, 0.2) is 46.9 Å². The highest BCUT2D eigenvalue weighted by atomic mass is 16.3.